The first-order valence-electron chi connectivity index (χ1n) is 6.14. The van der Waals surface area contributed by atoms with Crippen molar-refractivity contribution in [3.8, 4) is 0 Å². The number of piperidine rings is 1. The quantitative estimate of drug-likeness (QED) is 0.838. The topological polar surface area (TPSA) is 28.2 Å². The van der Waals surface area contributed by atoms with Gasteiger partial charge in [0.15, 0.2) is 0 Å². The Morgan fingerprint density at radius 2 is 2.18 bits per heavy atom. The largest absolute Gasteiger partial charge is 0.314 e. The van der Waals surface area contributed by atoms with Crippen LogP contribution in [0, 0.1) is 0 Å². The summed E-state index contributed by atoms with van der Waals surface area (Å²) in [5.74, 6) is 0. The van der Waals surface area contributed by atoms with Crippen LogP contribution >= 0.6 is 11.6 Å². The fourth-order valence-corrected chi connectivity index (χ4v) is 2.41. The fraction of sp³-hybridized carbons (Fsp3) is 0.615. The van der Waals surface area contributed by atoms with Gasteiger partial charge >= 0.3 is 0 Å². The predicted molar refractivity (Wildman–Crippen MR) is 71.2 cm³/mol. The van der Waals surface area contributed by atoms with E-state index in [9.17, 15) is 0 Å². The molecule has 1 aliphatic heterocycles. The van der Waals surface area contributed by atoms with Crippen molar-refractivity contribution in [2.24, 2.45) is 0 Å². The molecule has 4 heteroatoms. The summed E-state index contributed by atoms with van der Waals surface area (Å²) in [7, 11) is 2.05. The van der Waals surface area contributed by atoms with Gasteiger partial charge in [0.25, 0.3) is 0 Å². The van der Waals surface area contributed by atoms with E-state index in [1.54, 1.807) is 6.20 Å². The van der Waals surface area contributed by atoms with Crippen LogP contribution in [-0.4, -0.2) is 35.6 Å². The summed E-state index contributed by atoms with van der Waals surface area (Å²) in [4.78, 5) is 6.56. The second kappa shape index (κ2) is 5.34. The van der Waals surface area contributed by atoms with Gasteiger partial charge in [-0.1, -0.05) is 17.7 Å². The van der Waals surface area contributed by atoms with Gasteiger partial charge in [0, 0.05) is 36.9 Å². The van der Waals surface area contributed by atoms with Crippen molar-refractivity contribution < 1.29 is 0 Å². The first-order chi connectivity index (χ1) is 8.13. The van der Waals surface area contributed by atoms with E-state index in [0.717, 1.165) is 25.2 Å². The van der Waals surface area contributed by atoms with Crippen LogP contribution in [0.3, 0.4) is 0 Å². The number of halogens is 1. The van der Waals surface area contributed by atoms with Crippen molar-refractivity contribution in [1.82, 2.24) is 15.2 Å². The lowest BCUT2D eigenvalue weighted by atomic mass is 9.90. The van der Waals surface area contributed by atoms with Gasteiger partial charge in [-0.25, -0.2) is 4.98 Å². The van der Waals surface area contributed by atoms with Gasteiger partial charge in [0.2, 0.25) is 0 Å². The molecule has 0 aromatic carbocycles. The van der Waals surface area contributed by atoms with Crippen LogP contribution in [0.4, 0.5) is 0 Å². The minimum atomic E-state index is 0.301. The molecule has 0 unspecified atom stereocenters. The molecule has 0 saturated carbocycles. The van der Waals surface area contributed by atoms with E-state index in [0.29, 0.717) is 10.7 Å². The number of pyridine rings is 1. The van der Waals surface area contributed by atoms with Crippen molar-refractivity contribution in [3.63, 3.8) is 0 Å². The summed E-state index contributed by atoms with van der Waals surface area (Å²) in [6, 6.07) is 4.00. The first kappa shape index (κ1) is 12.8. The molecule has 1 fully saturated rings. The van der Waals surface area contributed by atoms with Crippen LogP contribution in [0.15, 0.2) is 18.3 Å². The van der Waals surface area contributed by atoms with Crippen LogP contribution in [0.5, 0.6) is 0 Å². The van der Waals surface area contributed by atoms with Gasteiger partial charge in [-0.15, -0.1) is 0 Å². The van der Waals surface area contributed by atoms with Crippen molar-refractivity contribution in [2.75, 3.05) is 20.1 Å². The number of nitrogens with one attached hydrogen (secondary N) is 1. The maximum absolute atomic E-state index is 6.08. The molecular formula is C13H20ClN3. The summed E-state index contributed by atoms with van der Waals surface area (Å²) >= 11 is 6.08. The third-order valence-corrected chi connectivity index (χ3v) is 4.13. The Morgan fingerprint density at radius 1 is 1.47 bits per heavy atom. The first-order valence-corrected chi connectivity index (χ1v) is 6.51. The average molecular weight is 254 g/mol. The summed E-state index contributed by atoms with van der Waals surface area (Å²) in [6.07, 6.45) is 4.10. The van der Waals surface area contributed by atoms with Crippen LogP contribution in [-0.2, 0) is 6.54 Å². The van der Waals surface area contributed by atoms with Gasteiger partial charge < -0.3 is 5.32 Å². The third-order valence-electron chi connectivity index (χ3n) is 3.79. The van der Waals surface area contributed by atoms with E-state index >= 15 is 0 Å². The monoisotopic (exact) mass is 253 g/mol. The number of rotatable bonds is 3. The Bertz CT molecular complexity index is 373. The fourth-order valence-electron chi connectivity index (χ4n) is 2.23. The molecule has 2 heterocycles. The van der Waals surface area contributed by atoms with Gasteiger partial charge in [0.05, 0.1) is 0 Å². The molecule has 1 N–H and O–H groups in total. The maximum Gasteiger partial charge on any atom is 0.133 e. The highest BCUT2D eigenvalue weighted by Gasteiger charge is 2.28. The molecule has 17 heavy (non-hydrogen) atoms. The SMILES string of the molecule is CNC1(C)CCN(Cc2cccnc2Cl)CC1. The molecule has 1 aromatic heterocycles. The van der Waals surface area contributed by atoms with Gasteiger partial charge in [-0.05, 0) is 32.9 Å². The van der Waals surface area contributed by atoms with Crippen molar-refractivity contribution in [3.05, 3.63) is 29.0 Å². The molecule has 0 bridgehead atoms. The summed E-state index contributed by atoms with van der Waals surface area (Å²) in [5.41, 5.74) is 1.43. The molecule has 1 saturated heterocycles. The lowest BCUT2D eigenvalue weighted by Crippen LogP contribution is -2.49. The lowest BCUT2D eigenvalue weighted by molar-refractivity contribution is 0.146. The van der Waals surface area contributed by atoms with Gasteiger partial charge in [0.1, 0.15) is 5.15 Å². The highest BCUT2D eigenvalue weighted by Crippen LogP contribution is 2.23. The lowest BCUT2D eigenvalue weighted by Gasteiger charge is -2.39. The Balaban J connectivity index is 1.93. The zero-order valence-electron chi connectivity index (χ0n) is 10.5. The van der Waals surface area contributed by atoms with Crippen molar-refractivity contribution in [2.45, 2.75) is 31.8 Å². The number of hydrogen-bond acceptors (Lipinski definition) is 3. The molecule has 2 rings (SSSR count). The Kier molecular flexibility index (Phi) is 4.02. The normalized spacial score (nSPS) is 20.4. The average Bonchev–Trinajstić information content (AvgIpc) is 2.35. The molecular weight excluding hydrogens is 234 g/mol. The smallest absolute Gasteiger partial charge is 0.133 e. The Hall–Kier alpha value is -0.640. The molecule has 1 aliphatic rings. The van der Waals surface area contributed by atoms with E-state index in [1.165, 1.54) is 12.8 Å². The molecule has 0 amide bonds. The molecule has 1 aromatic rings. The predicted octanol–water partition coefficient (Wildman–Crippen LogP) is 2.31. The zero-order chi connectivity index (χ0) is 12.3. The summed E-state index contributed by atoms with van der Waals surface area (Å²) < 4.78 is 0. The van der Waals surface area contributed by atoms with E-state index in [-0.39, 0.29) is 0 Å². The van der Waals surface area contributed by atoms with E-state index in [1.807, 2.05) is 13.1 Å². The Labute approximate surface area is 108 Å². The second-order valence-corrected chi connectivity index (χ2v) is 5.40. The number of likely N-dealkylation sites (tertiary alicyclic amines) is 1. The molecule has 3 nitrogen and oxygen atoms in total. The number of aromatic nitrogens is 1. The minimum absolute atomic E-state index is 0.301. The minimum Gasteiger partial charge on any atom is -0.314 e. The molecule has 0 atom stereocenters. The molecule has 0 radical (unpaired) electrons. The van der Waals surface area contributed by atoms with Crippen molar-refractivity contribution in [1.29, 1.82) is 0 Å². The Morgan fingerprint density at radius 3 is 2.76 bits per heavy atom. The summed E-state index contributed by atoms with van der Waals surface area (Å²) in [6.45, 7) is 5.43. The highest BCUT2D eigenvalue weighted by atomic mass is 35.5. The van der Waals surface area contributed by atoms with Gasteiger partial charge in [-0.2, -0.15) is 0 Å². The second-order valence-electron chi connectivity index (χ2n) is 5.04. The standard InChI is InChI=1S/C13H20ClN3/c1-13(15-2)5-8-17(9-6-13)10-11-4-3-7-16-12(11)14/h3-4,7,15H,5-6,8-10H2,1-2H3. The van der Waals surface area contributed by atoms with Gasteiger partial charge in [-0.3, -0.25) is 4.90 Å². The van der Waals surface area contributed by atoms with Crippen LogP contribution in [0.1, 0.15) is 25.3 Å². The van der Waals surface area contributed by atoms with E-state index < -0.39 is 0 Å². The third kappa shape index (κ3) is 3.18. The zero-order valence-corrected chi connectivity index (χ0v) is 11.3. The number of hydrogen-bond donors (Lipinski definition) is 1. The molecule has 94 valence electrons. The maximum atomic E-state index is 6.08. The number of nitrogens with zero attached hydrogens (tertiary/aromatic N) is 2. The molecule has 0 aliphatic carbocycles. The van der Waals surface area contributed by atoms with Crippen LogP contribution in [0.25, 0.3) is 0 Å². The van der Waals surface area contributed by atoms with E-state index in [2.05, 4.69) is 28.2 Å². The van der Waals surface area contributed by atoms with Crippen molar-refractivity contribution >= 4 is 11.6 Å². The highest BCUT2D eigenvalue weighted by molar-refractivity contribution is 6.30. The molecule has 0 spiro atoms. The summed E-state index contributed by atoms with van der Waals surface area (Å²) in [5, 5.41) is 4.04. The van der Waals surface area contributed by atoms with E-state index in [4.69, 9.17) is 11.6 Å². The van der Waals surface area contributed by atoms with Crippen LogP contribution in [0.2, 0.25) is 5.15 Å². The van der Waals surface area contributed by atoms with Crippen LogP contribution < -0.4 is 5.32 Å².